The van der Waals surface area contributed by atoms with Gasteiger partial charge in [0, 0.05) is 30.7 Å². The lowest BCUT2D eigenvalue weighted by Gasteiger charge is -2.26. The summed E-state index contributed by atoms with van der Waals surface area (Å²) in [5, 5.41) is 5.00. The molecule has 0 unspecified atom stereocenters. The Morgan fingerprint density at radius 2 is 1.91 bits per heavy atom. The molecule has 1 aromatic carbocycles. The van der Waals surface area contributed by atoms with Crippen LogP contribution in [0.4, 0.5) is 0 Å². The number of nitrogens with zero attached hydrogens (tertiary/aromatic N) is 3. The van der Waals surface area contributed by atoms with E-state index in [1.165, 1.54) is 0 Å². The first-order chi connectivity index (χ1) is 15.6. The summed E-state index contributed by atoms with van der Waals surface area (Å²) in [5.41, 5.74) is 2.67. The Labute approximate surface area is 201 Å². The SMILES string of the molecule is S=C1N[C@@H](c2ccccn2)[C@@H](c2ccc(-c3cccc(Cl)c3Cl)o2)N1Cc1cccnc1. The average Bonchev–Trinajstić information content (AvgIpc) is 3.42. The van der Waals surface area contributed by atoms with Gasteiger partial charge in [-0.1, -0.05) is 41.4 Å². The third kappa shape index (κ3) is 3.97. The maximum absolute atomic E-state index is 6.43. The van der Waals surface area contributed by atoms with Gasteiger partial charge in [-0.05, 0) is 60.2 Å². The lowest BCUT2D eigenvalue weighted by Crippen LogP contribution is -2.29. The molecule has 3 aromatic heterocycles. The maximum atomic E-state index is 6.43. The van der Waals surface area contributed by atoms with Crippen LogP contribution in [0.3, 0.4) is 0 Å². The molecule has 2 atom stereocenters. The first-order valence-electron chi connectivity index (χ1n) is 10.0. The fraction of sp³-hybridized carbons (Fsp3) is 0.125. The monoisotopic (exact) mass is 480 g/mol. The molecule has 4 heterocycles. The molecule has 5 nitrogen and oxygen atoms in total. The standard InChI is InChI=1S/C24H18Cl2N4OS/c25-17-7-3-6-16(21(17)26)19-9-10-20(31-19)23-22(18-8-1-2-12-28-18)29-24(32)30(23)14-15-5-4-11-27-13-15/h1-13,22-23H,14H2,(H,29,32)/t22-,23+/m0/s1. The Hall–Kier alpha value is -2.93. The zero-order chi connectivity index (χ0) is 22.1. The quantitative estimate of drug-likeness (QED) is 0.342. The van der Waals surface area contributed by atoms with Crippen molar-refractivity contribution < 1.29 is 4.42 Å². The zero-order valence-corrected chi connectivity index (χ0v) is 19.1. The molecular formula is C24H18Cl2N4OS. The number of furan rings is 1. The Morgan fingerprint density at radius 1 is 1.00 bits per heavy atom. The van der Waals surface area contributed by atoms with E-state index in [0.717, 1.165) is 22.6 Å². The topological polar surface area (TPSA) is 54.2 Å². The van der Waals surface area contributed by atoms with Crippen molar-refractivity contribution in [1.82, 2.24) is 20.2 Å². The molecule has 0 bridgehead atoms. The van der Waals surface area contributed by atoms with Crippen LogP contribution < -0.4 is 5.32 Å². The van der Waals surface area contributed by atoms with Gasteiger partial charge >= 0.3 is 0 Å². The average molecular weight is 481 g/mol. The van der Waals surface area contributed by atoms with Crippen molar-refractivity contribution in [1.29, 1.82) is 0 Å². The van der Waals surface area contributed by atoms with Gasteiger partial charge < -0.3 is 14.6 Å². The van der Waals surface area contributed by atoms with Crippen LogP contribution in [-0.2, 0) is 6.54 Å². The molecule has 1 saturated heterocycles. The van der Waals surface area contributed by atoms with Crippen LogP contribution in [0.5, 0.6) is 0 Å². The summed E-state index contributed by atoms with van der Waals surface area (Å²) in [4.78, 5) is 10.9. The van der Waals surface area contributed by atoms with Gasteiger partial charge in [0.15, 0.2) is 5.11 Å². The van der Waals surface area contributed by atoms with Crippen LogP contribution in [-0.4, -0.2) is 20.0 Å². The maximum Gasteiger partial charge on any atom is 0.170 e. The molecule has 160 valence electrons. The number of rotatable bonds is 5. The van der Waals surface area contributed by atoms with Gasteiger partial charge in [-0.3, -0.25) is 9.97 Å². The Morgan fingerprint density at radius 3 is 2.69 bits per heavy atom. The van der Waals surface area contributed by atoms with Gasteiger partial charge in [-0.15, -0.1) is 0 Å². The smallest absolute Gasteiger partial charge is 0.170 e. The fourth-order valence-electron chi connectivity index (χ4n) is 3.92. The van der Waals surface area contributed by atoms with Gasteiger partial charge in [0.25, 0.3) is 0 Å². The van der Waals surface area contributed by atoms with Crippen LogP contribution in [0.15, 0.2) is 83.7 Å². The van der Waals surface area contributed by atoms with Gasteiger partial charge in [-0.25, -0.2) is 0 Å². The van der Waals surface area contributed by atoms with Gasteiger partial charge in [0.05, 0.1) is 21.8 Å². The second-order valence-corrected chi connectivity index (χ2v) is 8.59. The Bertz CT molecular complexity index is 1250. The summed E-state index contributed by atoms with van der Waals surface area (Å²) >= 11 is 18.4. The summed E-state index contributed by atoms with van der Waals surface area (Å²) in [6.45, 7) is 0.585. The number of hydrogen-bond donors (Lipinski definition) is 1. The first-order valence-corrected chi connectivity index (χ1v) is 11.2. The molecule has 0 radical (unpaired) electrons. The lowest BCUT2D eigenvalue weighted by molar-refractivity contribution is 0.269. The summed E-state index contributed by atoms with van der Waals surface area (Å²) in [6, 6.07) is 18.8. The van der Waals surface area contributed by atoms with E-state index in [9.17, 15) is 0 Å². The summed E-state index contributed by atoms with van der Waals surface area (Å²) in [7, 11) is 0. The van der Waals surface area contributed by atoms with E-state index in [-0.39, 0.29) is 12.1 Å². The molecule has 0 spiro atoms. The van der Waals surface area contributed by atoms with Crippen LogP contribution >= 0.6 is 35.4 Å². The van der Waals surface area contributed by atoms with Crippen LogP contribution in [0.1, 0.15) is 29.1 Å². The molecule has 8 heteroatoms. The highest BCUT2D eigenvalue weighted by atomic mass is 35.5. The predicted molar refractivity (Wildman–Crippen MR) is 129 cm³/mol. The zero-order valence-electron chi connectivity index (χ0n) is 16.8. The van der Waals surface area contributed by atoms with Gasteiger partial charge in [-0.2, -0.15) is 0 Å². The van der Waals surface area contributed by atoms with E-state index in [1.807, 2.05) is 60.8 Å². The summed E-state index contributed by atoms with van der Waals surface area (Å²) < 4.78 is 6.33. The number of benzene rings is 1. The Balaban J connectivity index is 1.56. The van der Waals surface area contributed by atoms with E-state index in [4.69, 9.17) is 39.8 Å². The third-order valence-corrected chi connectivity index (χ3v) is 6.58. The minimum atomic E-state index is -0.204. The van der Waals surface area contributed by atoms with E-state index in [2.05, 4.69) is 20.2 Å². The van der Waals surface area contributed by atoms with Crippen molar-refractivity contribution in [3.05, 3.63) is 106 Å². The van der Waals surface area contributed by atoms with Gasteiger partial charge in [0.2, 0.25) is 0 Å². The first kappa shape index (κ1) is 20.9. The van der Waals surface area contributed by atoms with Crippen molar-refractivity contribution >= 4 is 40.5 Å². The lowest BCUT2D eigenvalue weighted by atomic mass is 10.0. The molecule has 0 aliphatic carbocycles. The van der Waals surface area contributed by atoms with E-state index in [0.29, 0.717) is 27.5 Å². The number of hydrogen-bond acceptors (Lipinski definition) is 4. The van der Waals surface area contributed by atoms with Crippen molar-refractivity contribution in [3.63, 3.8) is 0 Å². The molecule has 1 N–H and O–H groups in total. The van der Waals surface area contributed by atoms with Crippen LogP contribution in [0.25, 0.3) is 11.3 Å². The number of pyridine rings is 2. The molecule has 5 rings (SSSR count). The number of thiocarbonyl (C=S) groups is 1. The summed E-state index contributed by atoms with van der Waals surface area (Å²) in [6.07, 6.45) is 5.37. The van der Waals surface area contributed by atoms with Crippen molar-refractivity contribution in [3.8, 4) is 11.3 Å². The normalized spacial score (nSPS) is 18.1. The minimum absolute atomic E-state index is 0.172. The largest absolute Gasteiger partial charge is 0.459 e. The molecule has 32 heavy (non-hydrogen) atoms. The van der Waals surface area contributed by atoms with E-state index >= 15 is 0 Å². The molecule has 4 aromatic rings. The second-order valence-electron chi connectivity index (χ2n) is 7.42. The number of nitrogens with one attached hydrogen (secondary N) is 1. The fourth-order valence-corrected chi connectivity index (χ4v) is 4.62. The molecular weight excluding hydrogens is 463 g/mol. The molecule has 1 aliphatic rings. The molecule has 1 fully saturated rings. The molecule has 0 saturated carbocycles. The van der Waals surface area contributed by atoms with Crippen molar-refractivity contribution in [2.24, 2.45) is 0 Å². The second kappa shape index (κ2) is 8.90. The highest BCUT2D eigenvalue weighted by Crippen LogP contribution is 2.42. The highest BCUT2D eigenvalue weighted by molar-refractivity contribution is 7.80. The van der Waals surface area contributed by atoms with Gasteiger partial charge in [0.1, 0.15) is 17.6 Å². The van der Waals surface area contributed by atoms with Crippen molar-refractivity contribution in [2.75, 3.05) is 0 Å². The number of halogens is 2. The van der Waals surface area contributed by atoms with Crippen LogP contribution in [0, 0.1) is 0 Å². The van der Waals surface area contributed by atoms with Crippen LogP contribution in [0.2, 0.25) is 10.0 Å². The van der Waals surface area contributed by atoms with E-state index < -0.39 is 0 Å². The summed E-state index contributed by atoms with van der Waals surface area (Å²) in [5.74, 6) is 1.40. The molecule has 1 aliphatic heterocycles. The predicted octanol–water partition coefficient (Wildman–Crippen LogP) is 6.22. The highest BCUT2D eigenvalue weighted by Gasteiger charge is 2.41. The van der Waals surface area contributed by atoms with E-state index in [1.54, 1.807) is 18.5 Å². The molecule has 0 amide bonds. The number of aromatic nitrogens is 2. The Kier molecular flexibility index (Phi) is 5.83. The third-order valence-electron chi connectivity index (χ3n) is 5.41. The van der Waals surface area contributed by atoms with Crippen molar-refractivity contribution in [2.45, 2.75) is 18.6 Å². The minimum Gasteiger partial charge on any atom is -0.459 e.